The van der Waals surface area contributed by atoms with E-state index in [0.717, 1.165) is 13.1 Å². The van der Waals surface area contributed by atoms with Crippen LogP contribution in [-0.4, -0.2) is 42.7 Å². The zero-order valence-electron chi connectivity index (χ0n) is 8.71. The first-order valence-corrected chi connectivity index (χ1v) is 5.29. The van der Waals surface area contributed by atoms with Gasteiger partial charge in [0.05, 0.1) is 0 Å². The molecule has 1 N–H and O–H groups in total. The van der Waals surface area contributed by atoms with Crippen LogP contribution in [0.2, 0.25) is 0 Å². The Balaban J connectivity index is 3.39. The minimum Gasteiger partial charge on any atom is -0.355 e. The van der Waals surface area contributed by atoms with Crippen molar-refractivity contribution in [2.75, 3.05) is 25.9 Å². The molecular weight excluding hydrogens is 184 g/mol. The van der Waals surface area contributed by atoms with Crippen LogP contribution in [0.5, 0.6) is 0 Å². The Labute approximate surface area is 86.3 Å². The molecule has 0 unspecified atom stereocenters. The van der Waals surface area contributed by atoms with Crippen molar-refractivity contribution in [3.8, 4) is 0 Å². The maximum absolute atomic E-state index is 11.0. The third kappa shape index (κ3) is 6.90. The second-order valence-electron chi connectivity index (χ2n) is 3.40. The van der Waals surface area contributed by atoms with Crippen LogP contribution in [0.4, 0.5) is 0 Å². The van der Waals surface area contributed by atoms with Gasteiger partial charge in [0.25, 0.3) is 0 Å². The Kier molecular flexibility index (Phi) is 7.09. The Bertz CT molecular complexity index is 151. The van der Waals surface area contributed by atoms with E-state index in [4.69, 9.17) is 0 Å². The van der Waals surface area contributed by atoms with Crippen molar-refractivity contribution in [1.82, 2.24) is 10.2 Å². The van der Waals surface area contributed by atoms with Crippen LogP contribution in [-0.2, 0) is 4.79 Å². The normalized spacial score (nSPS) is 10.9. The van der Waals surface area contributed by atoms with Crippen molar-refractivity contribution in [1.29, 1.82) is 0 Å². The van der Waals surface area contributed by atoms with Crippen LogP contribution in [0.3, 0.4) is 0 Å². The molecular formula is C9H20N2OS. The summed E-state index contributed by atoms with van der Waals surface area (Å²) in [6, 6.07) is 0.529. The van der Waals surface area contributed by atoms with Gasteiger partial charge in [-0.15, -0.1) is 0 Å². The number of rotatable bonds is 6. The minimum atomic E-state index is 0.0900. The number of nitrogens with zero attached hydrogens (tertiary/aromatic N) is 1. The quantitative estimate of drug-likeness (QED) is 0.626. The number of nitrogens with one attached hydrogen (secondary N) is 1. The van der Waals surface area contributed by atoms with E-state index >= 15 is 0 Å². The molecule has 0 atom stereocenters. The molecule has 0 heterocycles. The first kappa shape index (κ1) is 12.8. The van der Waals surface area contributed by atoms with Gasteiger partial charge in [0.2, 0.25) is 5.91 Å². The Morgan fingerprint density at radius 3 is 2.62 bits per heavy atom. The molecule has 0 rings (SSSR count). The monoisotopic (exact) mass is 204 g/mol. The van der Waals surface area contributed by atoms with E-state index < -0.39 is 0 Å². The average molecular weight is 204 g/mol. The summed E-state index contributed by atoms with van der Waals surface area (Å²) in [4.78, 5) is 13.2. The number of hydrogen-bond donors (Lipinski definition) is 2. The van der Waals surface area contributed by atoms with Crippen molar-refractivity contribution in [2.45, 2.75) is 26.3 Å². The van der Waals surface area contributed by atoms with E-state index in [-0.39, 0.29) is 5.91 Å². The first-order chi connectivity index (χ1) is 6.07. The molecule has 3 nitrogen and oxygen atoms in total. The maximum atomic E-state index is 11.0. The van der Waals surface area contributed by atoms with Crippen LogP contribution in [0, 0.1) is 0 Å². The average Bonchev–Trinajstić information content (AvgIpc) is 2.04. The van der Waals surface area contributed by atoms with Crippen LogP contribution in [0.25, 0.3) is 0 Å². The third-order valence-electron chi connectivity index (χ3n) is 2.01. The highest BCUT2D eigenvalue weighted by Gasteiger charge is 2.03. The van der Waals surface area contributed by atoms with Crippen LogP contribution in [0.1, 0.15) is 20.3 Å². The van der Waals surface area contributed by atoms with Crippen LogP contribution >= 0.6 is 12.6 Å². The highest BCUT2D eigenvalue weighted by Crippen LogP contribution is 1.91. The SMILES string of the molecule is CC(C)N(C)CCNC(=O)CCS. The van der Waals surface area contributed by atoms with Gasteiger partial charge in [-0.1, -0.05) is 0 Å². The summed E-state index contributed by atoms with van der Waals surface area (Å²) in [5, 5.41) is 2.84. The largest absolute Gasteiger partial charge is 0.355 e. The number of carbonyl (C=O) groups is 1. The second kappa shape index (κ2) is 7.21. The van der Waals surface area contributed by atoms with Crippen molar-refractivity contribution < 1.29 is 4.79 Å². The van der Waals surface area contributed by atoms with Gasteiger partial charge >= 0.3 is 0 Å². The Hall–Kier alpha value is -0.220. The molecule has 0 aliphatic heterocycles. The fourth-order valence-electron chi connectivity index (χ4n) is 0.820. The molecule has 4 heteroatoms. The number of amides is 1. The number of hydrogen-bond acceptors (Lipinski definition) is 3. The smallest absolute Gasteiger partial charge is 0.220 e. The molecule has 0 fully saturated rings. The summed E-state index contributed by atoms with van der Waals surface area (Å²) >= 11 is 3.98. The molecule has 0 aromatic heterocycles. The molecule has 78 valence electrons. The lowest BCUT2D eigenvalue weighted by Gasteiger charge is -2.20. The third-order valence-corrected chi connectivity index (χ3v) is 2.23. The van der Waals surface area contributed by atoms with Crippen LogP contribution in [0.15, 0.2) is 0 Å². The van der Waals surface area contributed by atoms with E-state index in [9.17, 15) is 4.79 Å². The summed E-state index contributed by atoms with van der Waals surface area (Å²) in [5.74, 6) is 0.707. The van der Waals surface area contributed by atoms with E-state index in [2.05, 4.69) is 43.7 Å². The van der Waals surface area contributed by atoms with Gasteiger partial charge in [-0.05, 0) is 26.6 Å². The van der Waals surface area contributed by atoms with Gasteiger partial charge in [-0.25, -0.2) is 0 Å². The van der Waals surface area contributed by atoms with Gasteiger partial charge in [-0.2, -0.15) is 12.6 Å². The molecule has 0 radical (unpaired) electrons. The molecule has 0 saturated heterocycles. The van der Waals surface area contributed by atoms with E-state index in [1.54, 1.807) is 0 Å². The first-order valence-electron chi connectivity index (χ1n) is 4.65. The van der Waals surface area contributed by atoms with Crippen molar-refractivity contribution in [3.05, 3.63) is 0 Å². The summed E-state index contributed by atoms with van der Waals surface area (Å²) in [6.07, 6.45) is 0.508. The van der Waals surface area contributed by atoms with Gasteiger partial charge in [0.15, 0.2) is 0 Å². The predicted octanol–water partition coefficient (Wildman–Crippen LogP) is 0.763. The summed E-state index contributed by atoms with van der Waals surface area (Å²) < 4.78 is 0. The lowest BCUT2D eigenvalue weighted by Crippen LogP contribution is -2.36. The molecule has 0 aliphatic carbocycles. The highest BCUT2D eigenvalue weighted by molar-refractivity contribution is 7.80. The molecule has 1 amide bonds. The Morgan fingerprint density at radius 1 is 1.54 bits per heavy atom. The molecule has 13 heavy (non-hydrogen) atoms. The highest BCUT2D eigenvalue weighted by atomic mass is 32.1. The molecule has 0 aliphatic rings. The standard InChI is InChI=1S/C9H20N2OS/c1-8(2)11(3)6-5-10-9(12)4-7-13/h8,13H,4-7H2,1-3H3,(H,10,12). The van der Waals surface area contributed by atoms with E-state index in [0.29, 0.717) is 18.2 Å². The lowest BCUT2D eigenvalue weighted by molar-refractivity contribution is -0.120. The number of carbonyl (C=O) groups excluding carboxylic acids is 1. The predicted molar refractivity (Wildman–Crippen MR) is 59.2 cm³/mol. The topological polar surface area (TPSA) is 32.3 Å². The summed E-state index contributed by atoms with van der Waals surface area (Å²) in [6.45, 7) is 5.89. The van der Waals surface area contributed by atoms with Gasteiger partial charge in [-0.3, -0.25) is 4.79 Å². The van der Waals surface area contributed by atoms with E-state index in [1.165, 1.54) is 0 Å². The maximum Gasteiger partial charge on any atom is 0.220 e. The van der Waals surface area contributed by atoms with Crippen LogP contribution < -0.4 is 5.32 Å². The molecule has 0 saturated carbocycles. The van der Waals surface area contributed by atoms with E-state index in [1.807, 2.05) is 0 Å². The van der Waals surface area contributed by atoms with Crippen molar-refractivity contribution in [3.63, 3.8) is 0 Å². The van der Waals surface area contributed by atoms with Crippen molar-refractivity contribution in [2.24, 2.45) is 0 Å². The van der Waals surface area contributed by atoms with Gasteiger partial charge < -0.3 is 10.2 Å². The summed E-state index contributed by atoms with van der Waals surface area (Å²) in [5.41, 5.74) is 0. The molecule has 0 aromatic carbocycles. The number of thiol groups is 1. The second-order valence-corrected chi connectivity index (χ2v) is 3.85. The fraction of sp³-hybridized carbons (Fsp3) is 0.889. The molecule has 0 spiro atoms. The zero-order valence-corrected chi connectivity index (χ0v) is 9.60. The molecule has 0 aromatic rings. The van der Waals surface area contributed by atoms with Gasteiger partial charge in [0, 0.05) is 25.6 Å². The fourth-order valence-corrected chi connectivity index (χ4v) is 1.02. The Morgan fingerprint density at radius 2 is 2.15 bits per heavy atom. The van der Waals surface area contributed by atoms with Gasteiger partial charge in [0.1, 0.15) is 0 Å². The summed E-state index contributed by atoms with van der Waals surface area (Å²) in [7, 11) is 2.05. The molecule has 0 bridgehead atoms. The number of likely N-dealkylation sites (N-methyl/N-ethyl adjacent to an activating group) is 1. The lowest BCUT2D eigenvalue weighted by atomic mass is 10.3. The zero-order chi connectivity index (χ0) is 10.3. The minimum absolute atomic E-state index is 0.0900. The van der Waals surface area contributed by atoms with Crippen molar-refractivity contribution >= 4 is 18.5 Å².